The minimum atomic E-state index is -1.04. The van der Waals surface area contributed by atoms with Crippen molar-refractivity contribution in [2.45, 2.75) is 24.4 Å². The van der Waals surface area contributed by atoms with Crippen LogP contribution in [0.1, 0.15) is 12.8 Å². The second kappa shape index (κ2) is 8.11. The van der Waals surface area contributed by atoms with E-state index in [4.69, 9.17) is 16.3 Å². The van der Waals surface area contributed by atoms with Gasteiger partial charge in [-0.3, -0.25) is 9.59 Å². The molecule has 3 aliphatic heterocycles. The average molecular weight is 539 g/mol. The lowest BCUT2D eigenvalue weighted by molar-refractivity contribution is -0.138. The van der Waals surface area contributed by atoms with Gasteiger partial charge in [-0.15, -0.1) is 0 Å². The first-order chi connectivity index (χ1) is 15.7. The Morgan fingerprint density at radius 2 is 2.24 bits per heavy atom. The zero-order valence-corrected chi connectivity index (χ0v) is 20.2. The van der Waals surface area contributed by atoms with Crippen LogP contribution < -0.4 is 15.4 Å². The summed E-state index contributed by atoms with van der Waals surface area (Å²) >= 11 is 9.41. The van der Waals surface area contributed by atoms with Gasteiger partial charge in [0.2, 0.25) is 11.8 Å². The molecule has 5 rings (SSSR count). The van der Waals surface area contributed by atoms with Gasteiger partial charge in [-0.25, -0.2) is 9.37 Å². The highest BCUT2D eigenvalue weighted by Gasteiger charge is 2.54. The summed E-state index contributed by atoms with van der Waals surface area (Å²) in [6, 6.07) is 1.80. The Morgan fingerprint density at radius 3 is 2.91 bits per heavy atom. The molecule has 0 radical (unpaired) electrons. The Morgan fingerprint density at radius 1 is 1.48 bits per heavy atom. The molecule has 1 aromatic heterocycles. The number of ether oxygens (including phenoxy) is 1. The first kappa shape index (κ1) is 22.4. The largest absolute Gasteiger partial charge is 0.474 e. The molecule has 0 saturated carbocycles. The van der Waals surface area contributed by atoms with Crippen molar-refractivity contribution in [2.75, 3.05) is 43.9 Å². The Kier molecular flexibility index (Phi) is 5.49. The number of likely N-dealkylation sites (tertiary alicyclic amines) is 2. The molecule has 4 heterocycles. The molecule has 1 atom stereocenters. The summed E-state index contributed by atoms with van der Waals surface area (Å²) in [4.78, 5) is 33.1. The third-order valence-corrected chi connectivity index (χ3v) is 7.91. The van der Waals surface area contributed by atoms with Crippen molar-refractivity contribution in [1.29, 1.82) is 0 Å². The molecule has 2 fully saturated rings. The van der Waals surface area contributed by atoms with Crippen LogP contribution in [-0.4, -0.2) is 71.5 Å². The van der Waals surface area contributed by atoms with Crippen LogP contribution in [0.4, 0.5) is 15.8 Å². The molecule has 174 valence electrons. The van der Waals surface area contributed by atoms with E-state index >= 15 is 4.39 Å². The lowest BCUT2D eigenvalue weighted by Crippen LogP contribution is -2.73. The highest BCUT2D eigenvalue weighted by molar-refractivity contribution is 9.10. The third-order valence-electron chi connectivity index (χ3n) is 6.61. The zero-order valence-electron chi connectivity index (χ0n) is 17.9. The van der Waals surface area contributed by atoms with E-state index in [1.807, 2.05) is 7.05 Å². The van der Waals surface area contributed by atoms with Crippen LogP contribution in [0.3, 0.4) is 0 Å². The predicted molar refractivity (Wildman–Crippen MR) is 127 cm³/mol. The number of aromatic nitrogens is 1. The van der Waals surface area contributed by atoms with E-state index in [2.05, 4.69) is 43.0 Å². The van der Waals surface area contributed by atoms with E-state index in [-0.39, 0.29) is 51.8 Å². The number of pyridine rings is 1. The van der Waals surface area contributed by atoms with Gasteiger partial charge in [0.05, 0.1) is 28.3 Å². The number of hydrogen-bond acceptors (Lipinski definition) is 6. The standard InChI is InChI=1S/C22H22BrClFN5O3/c1-3-14(31)30-9-22(10-30)21(32)27-19-18(28-22)12-7-13(24)15(23)16(25)17(12)26-20(19)33-8-11-5-4-6-29(11)2/h3,7,11,28H,1,4-6,8-10H2,2H3,(H,27,32)/t11-/m0/s1. The van der Waals surface area contributed by atoms with E-state index in [0.717, 1.165) is 19.4 Å². The molecule has 3 aliphatic rings. The Hall–Kier alpha value is -2.43. The quantitative estimate of drug-likeness (QED) is 0.458. The van der Waals surface area contributed by atoms with Crippen molar-refractivity contribution < 1.29 is 18.7 Å². The van der Waals surface area contributed by atoms with Crippen LogP contribution in [0.15, 0.2) is 23.2 Å². The van der Waals surface area contributed by atoms with Crippen LogP contribution in [0, 0.1) is 5.82 Å². The highest BCUT2D eigenvalue weighted by atomic mass is 79.9. The van der Waals surface area contributed by atoms with Gasteiger partial charge in [-0.05, 0) is 54.5 Å². The average Bonchev–Trinajstić information content (AvgIpc) is 3.18. The number of anilines is 2. The van der Waals surface area contributed by atoms with E-state index in [1.165, 1.54) is 11.0 Å². The number of carbonyl (C=O) groups is 2. The summed E-state index contributed by atoms with van der Waals surface area (Å²) in [7, 11) is 2.03. The fourth-order valence-corrected chi connectivity index (χ4v) is 5.14. The number of benzene rings is 1. The second-order valence-corrected chi connectivity index (χ2v) is 9.90. The van der Waals surface area contributed by atoms with Gasteiger partial charge in [0.25, 0.3) is 5.91 Å². The SMILES string of the molecule is C=CC(=O)N1CC2(C1)Nc1c(c(OC[C@@H]3CCCN3C)nc3c(F)c(Br)c(Cl)cc13)NC2=O. The van der Waals surface area contributed by atoms with Crippen LogP contribution in [0.5, 0.6) is 5.88 Å². The molecule has 0 aliphatic carbocycles. The molecule has 33 heavy (non-hydrogen) atoms. The Bertz CT molecular complexity index is 1200. The van der Waals surface area contributed by atoms with Crippen LogP contribution in [0.25, 0.3) is 10.9 Å². The predicted octanol–water partition coefficient (Wildman–Crippen LogP) is 3.39. The van der Waals surface area contributed by atoms with Gasteiger partial charge >= 0.3 is 0 Å². The molecule has 11 heteroatoms. The summed E-state index contributed by atoms with van der Waals surface area (Å²) in [5.74, 6) is -1.05. The monoisotopic (exact) mass is 537 g/mol. The van der Waals surface area contributed by atoms with Gasteiger partial charge < -0.3 is 25.2 Å². The summed E-state index contributed by atoms with van der Waals surface area (Å²) in [6.45, 7) is 5.15. The summed E-state index contributed by atoms with van der Waals surface area (Å²) < 4.78 is 21.3. The van der Waals surface area contributed by atoms with Crippen molar-refractivity contribution in [3.63, 3.8) is 0 Å². The fourth-order valence-electron chi connectivity index (χ4n) is 4.64. The fraction of sp³-hybridized carbons (Fsp3) is 0.409. The number of carbonyl (C=O) groups excluding carboxylic acids is 2. The number of halogens is 3. The minimum absolute atomic E-state index is 0.0666. The molecule has 0 bridgehead atoms. The van der Waals surface area contributed by atoms with E-state index in [1.54, 1.807) is 6.07 Å². The smallest absolute Gasteiger partial charge is 0.253 e. The number of fused-ring (bicyclic) bond motifs is 3. The van der Waals surface area contributed by atoms with E-state index in [0.29, 0.717) is 23.4 Å². The van der Waals surface area contributed by atoms with Gasteiger partial charge in [0.1, 0.15) is 17.8 Å². The minimum Gasteiger partial charge on any atom is -0.474 e. The molecular weight excluding hydrogens is 517 g/mol. The van der Waals surface area contributed by atoms with E-state index in [9.17, 15) is 9.59 Å². The Labute approximate surface area is 203 Å². The summed E-state index contributed by atoms with van der Waals surface area (Å²) in [5, 5.41) is 6.73. The lowest BCUT2D eigenvalue weighted by Gasteiger charge is -2.51. The van der Waals surface area contributed by atoms with E-state index < -0.39 is 11.4 Å². The van der Waals surface area contributed by atoms with Crippen molar-refractivity contribution in [2.24, 2.45) is 0 Å². The van der Waals surface area contributed by atoms with Crippen molar-refractivity contribution in [3.05, 3.63) is 34.0 Å². The highest BCUT2D eigenvalue weighted by Crippen LogP contribution is 2.46. The maximum atomic E-state index is 15.2. The van der Waals surface area contributed by atoms with Crippen molar-refractivity contribution in [1.82, 2.24) is 14.8 Å². The number of nitrogens with zero attached hydrogens (tertiary/aromatic N) is 3. The van der Waals surface area contributed by atoms with Crippen LogP contribution in [-0.2, 0) is 9.59 Å². The number of likely N-dealkylation sites (N-methyl/N-ethyl adjacent to an activating group) is 1. The van der Waals surface area contributed by atoms with Gasteiger partial charge in [0.15, 0.2) is 11.4 Å². The van der Waals surface area contributed by atoms with Crippen LogP contribution >= 0.6 is 27.5 Å². The first-order valence-electron chi connectivity index (χ1n) is 10.6. The second-order valence-electron chi connectivity index (χ2n) is 8.70. The lowest BCUT2D eigenvalue weighted by atomic mass is 9.85. The molecule has 2 aromatic rings. The van der Waals surface area contributed by atoms with Crippen LogP contribution in [0.2, 0.25) is 5.02 Å². The van der Waals surface area contributed by atoms with Crippen molar-refractivity contribution >= 4 is 61.6 Å². The zero-order chi connectivity index (χ0) is 23.5. The molecule has 1 spiro atoms. The molecular formula is C22H22BrClFN5O3. The van der Waals surface area contributed by atoms with Gasteiger partial charge in [-0.1, -0.05) is 18.2 Å². The molecule has 0 unspecified atom stereocenters. The number of nitrogens with one attached hydrogen (secondary N) is 2. The molecule has 1 aromatic carbocycles. The molecule has 2 N–H and O–H groups in total. The maximum absolute atomic E-state index is 15.2. The molecule has 2 amide bonds. The third kappa shape index (κ3) is 3.55. The topological polar surface area (TPSA) is 86.8 Å². The summed E-state index contributed by atoms with van der Waals surface area (Å²) in [5.41, 5.74) is -0.172. The number of rotatable bonds is 4. The Balaban J connectivity index is 1.57. The van der Waals surface area contributed by atoms with Crippen molar-refractivity contribution in [3.8, 4) is 5.88 Å². The molecule has 8 nitrogen and oxygen atoms in total. The first-order valence-corrected chi connectivity index (χ1v) is 11.8. The number of hydrogen-bond donors (Lipinski definition) is 2. The maximum Gasteiger partial charge on any atom is 0.253 e. The normalized spacial score (nSPS) is 21.4. The van der Waals surface area contributed by atoms with Gasteiger partial charge in [0, 0.05) is 11.4 Å². The molecule has 2 saturated heterocycles. The van der Waals surface area contributed by atoms with Gasteiger partial charge in [-0.2, -0.15) is 0 Å². The number of amides is 2. The summed E-state index contributed by atoms with van der Waals surface area (Å²) in [6.07, 6.45) is 3.27.